The number of aromatic nitrogens is 2. The van der Waals surface area contributed by atoms with Gasteiger partial charge in [-0.2, -0.15) is 0 Å². The van der Waals surface area contributed by atoms with Gasteiger partial charge in [0.05, 0.1) is 30.5 Å². The highest BCUT2D eigenvalue weighted by Crippen LogP contribution is 2.34. The molecule has 1 aliphatic carbocycles. The summed E-state index contributed by atoms with van der Waals surface area (Å²) in [6.07, 6.45) is 24.4. The zero-order valence-electron chi connectivity index (χ0n) is 24.0. The molecule has 1 aromatic carbocycles. The van der Waals surface area contributed by atoms with Crippen molar-refractivity contribution in [3.05, 3.63) is 36.7 Å². The molecule has 210 valence electrons. The third kappa shape index (κ3) is 10.7. The molecule has 5 nitrogen and oxygen atoms in total. The number of para-hydroxylation sites is 1. The number of hydrogen-bond donors (Lipinski definition) is 0. The molecule has 0 N–H and O–H groups in total. The van der Waals surface area contributed by atoms with E-state index < -0.39 is 0 Å². The predicted octanol–water partition coefficient (Wildman–Crippen LogP) is 9.35. The number of carbonyl (C=O) groups excluding carboxylic acids is 1. The van der Waals surface area contributed by atoms with E-state index in [-0.39, 0.29) is 11.9 Å². The van der Waals surface area contributed by atoms with Crippen LogP contribution in [0.4, 0.5) is 0 Å². The monoisotopic (exact) mass is 522 g/mol. The number of carbonyl (C=O) groups is 1. The van der Waals surface area contributed by atoms with E-state index in [1.165, 1.54) is 77.0 Å². The molecule has 1 fully saturated rings. The van der Waals surface area contributed by atoms with Crippen molar-refractivity contribution >= 4 is 5.97 Å². The predicted molar refractivity (Wildman–Crippen MR) is 155 cm³/mol. The Balaban J connectivity index is 1.41. The van der Waals surface area contributed by atoms with Gasteiger partial charge in [0.25, 0.3) is 0 Å². The van der Waals surface area contributed by atoms with Crippen LogP contribution < -0.4 is 9.47 Å². The van der Waals surface area contributed by atoms with E-state index >= 15 is 0 Å². The molecule has 1 saturated carbocycles. The topological polar surface area (TPSA) is 61.3 Å². The van der Waals surface area contributed by atoms with E-state index in [9.17, 15) is 4.79 Å². The maximum atomic E-state index is 13.0. The number of esters is 1. The molecule has 0 radical (unpaired) electrons. The summed E-state index contributed by atoms with van der Waals surface area (Å²) in [5, 5.41) is 0. The molecule has 3 rings (SSSR count). The Kier molecular flexibility index (Phi) is 14.2. The number of nitrogens with zero attached hydrogens (tertiary/aromatic N) is 2. The zero-order valence-corrected chi connectivity index (χ0v) is 24.0. The maximum Gasteiger partial charge on any atom is 0.314 e. The molecule has 1 aromatic heterocycles. The summed E-state index contributed by atoms with van der Waals surface area (Å²) in [4.78, 5) is 22.0. The van der Waals surface area contributed by atoms with E-state index in [1.54, 1.807) is 12.4 Å². The van der Waals surface area contributed by atoms with Crippen molar-refractivity contribution in [2.45, 2.75) is 123 Å². The lowest BCUT2D eigenvalue weighted by molar-refractivity contribution is -0.140. The second-order valence-corrected chi connectivity index (χ2v) is 11.0. The largest absolute Gasteiger partial charge is 0.490 e. The number of rotatable bonds is 18. The lowest BCUT2D eigenvalue weighted by atomic mass is 9.80. The van der Waals surface area contributed by atoms with Crippen LogP contribution in [0.2, 0.25) is 0 Å². The summed E-state index contributed by atoms with van der Waals surface area (Å²) < 4.78 is 11.8. The van der Waals surface area contributed by atoms with Gasteiger partial charge in [-0.3, -0.25) is 4.79 Å². The van der Waals surface area contributed by atoms with Crippen molar-refractivity contribution in [2.75, 3.05) is 6.61 Å². The normalized spacial score (nSPS) is 17.3. The fourth-order valence-electron chi connectivity index (χ4n) is 5.43. The standard InChI is InChI=1S/C33H50N2O3/c1-3-5-7-8-9-10-11-12-16-24-37-29-25-34-32(35-26-29)30-18-14-15-19-31(30)38-33(36)28-22-20-27(21-23-28)17-13-6-4-2/h14-15,18-19,25-28H,3-13,16-17,20-24H2,1-2H3. The van der Waals surface area contributed by atoms with Crippen LogP contribution in [0.5, 0.6) is 11.5 Å². The summed E-state index contributed by atoms with van der Waals surface area (Å²) in [5.41, 5.74) is 0.736. The Morgan fingerprint density at radius 3 is 2.08 bits per heavy atom. The van der Waals surface area contributed by atoms with Crippen LogP contribution in [0.3, 0.4) is 0 Å². The van der Waals surface area contributed by atoms with Crippen LogP contribution in [0.25, 0.3) is 11.4 Å². The molecule has 38 heavy (non-hydrogen) atoms. The van der Waals surface area contributed by atoms with Gasteiger partial charge in [-0.15, -0.1) is 0 Å². The Morgan fingerprint density at radius 1 is 0.789 bits per heavy atom. The lowest BCUT2D eigenvalue weighted by Gasteiger charge is -2.27. The van der Waals surface area contributed by atoms with Gasteiger partial charge in [0.2, 0.25) is 0 Å². The Morgan fingerprint density at radius 2 is 1.39 bits per heavy atom. The molecule has 5 heteroatoms. The van der Waals surface area contributed by atoms with Gasteiger partial charge in [-0.05, 0) is 50.2 Å². The van der Waals surface area contributed by atoms with Crippen LogP contribution in [0.1, 0.15) is 123 Å². The number of benzene rings is 1. The molecule has 2 aromatic rings. The second kappa shape index (κ2) is 18.0. The third-order valence-electron chi connectivity index (χ3n) is 7.88. The van der Waals surface area contributed by atoms with Gasteiger partial charge >= 0.3 is 5.97 Å². The van der Waals surface area contributed by atoms with E-state index in [0.29, 0.717) is 23.9 Å². The number of ether oxygens (including phenoxy) is 2. The van der Waals surface area contributed by atoms with Gasteiger partial charge in [-0.25, -0.2) is 9.97 Å². The zero-order chi connectivity index (χ0) is 26.8. The van der Waals surface area contributed by atoms with Crippen molar-refractivity contribution in [1.82, 2.24) is 9.97 Å². The molecule has 1 aliphatic rings. The SMILES string of the molecule is CCCCCCCCCCCOc1cnc(-c2ccccc2OC(=O)C2CCC(CCCCC)CC2)nc1. The molecular formula is C33H50N2O3. The summed E-state index contributed by atoms with van der Waals surface area (Å²) in [6.45, 7) is 5.20. The first-order valence-corrected chi connectivity index (χ1v) is 15.5. The second-order valence-electron chi connectivity index (χ2n) is 11.0. The van der Waals surface area contributed by atoms with E-state index in [2.05, 4.69) is 23.8 Å². The highest BCUT2D eigenvalue weighted by Gasteiger charge is 2.28. The van der Waals surface area contributed by atoms with Gasteiger partial charge in [0.1, 0.15) is 5.75 Å². The van der Waals surface area contributed by atoms with Gasteiger partial charge in [0, 0.05) is 0 Å². The molecule has 0 aliphatic heterocycles. The summed E-state index contributed by atoms with van der Waals surface area (Å²) >= 11 is 0. The smallest absolute Gasteiger partial charge is 0.314 e. The molecule has 0 spiro atoms. The first-order chi connectivity index (χ1) is 18.7. The van der Waals surface area contributed by atoms with Crippen LogP contribution >= 0.6 is 0 Å². The molecule has 0 amide bonds. The van der Waals surface area contributed by atoms with Crippen LogP contribution in [-0.4, -0.2) is 22.5 Å². The lowest BCUT2D eigenvalue weighted by Crippen LogP contribution is -2.26. The van der Waals surface area contributed by atoms with E-state index in [0.717, 1.165) is 43.6 Å². The van der Waals surface area contributed by atoms with Gasteiger partial charge < -0.3 is 9.47 Å². The van der Waals surface area contributed by atoms with Crippen molar-refractivity contribution in [2.24, 2.45) is 11.8 Å². The summed E-state index contributed by atoms with van der Waals surface area (Å²) in [6, 6.07) is 7.55. The molecule has 0 atom stereocenters. The number of hydrogen-bond acceptors (Lipinski definition) is 5. The minimum absolute atomic E-state index is 0.0109. The fraction of sp³-hybridized carbons (Fsp3) is 0.667. The quantitative estimate of drug-likeness (QED) is 0.111. The first kappa shape index (κ1) is 30.1. The maximum absolute atomic E-state index is 13.0. The Labute approximate surface area is 231 Å². The Hall–Kier alpha value is -2.43. The average molecular weight is 523 g/mol. The highest BCUT2D eigenvalue weighted by atomic mass is 16.5. The van der Waals surface area contributed by atoms with Gasteiger partial charge in [0.15, 0.2) is 11.6 Å². The third-order valence-corrected chi connectivity index (χ3v) is 7.88. The van der Waals surface area contributed by atoms with Crippen molar-refractivity contribution in [1.29, 1.82) is 0 Å². The van der Waals surface area contributed by atoms with Crippen LogP contribution in [0.15, 0.2) is 36.7 Å². The van der Waals surface area contributed by atoms with Crippen molar-refractivity contribution in [3.8, 4) is 22.9 Å². The van der Waals surface area contributed by atoms with Crippen molar-refractivity contribution < 1.29 is 14.3 Å². The molecule has 0 unspecified atom stereocenters. The Bertz CT molecular complexity index is 907. The fourth-order valence-corrected chi connectivity index (χ4v) is 5.43. The van der Waals surface area contributed by atoms with E-state index in [4.69, 9.17) is 9.47 Å². The van der Waals surface area contributed by atoms with Gasteiger partial charge in [-0.1, -0.05) is 103 Å². The molecule has 0 bridgehead atoms. The first-order valence-electron chi connectivity index (χ1n) is 15.5. The minimum atomic E-state index is -0.120. The molecule has 0 saturated heterocycles. The van der Waals surface area contributed by atoms with Crippen LogP contribution in [0, 0.1) is 11.8 Å². The summed E-state index contributed by atoms with van der Waals surface area (Å²) in [7, 11) is 0. The van der Waals surface area contributed by atoms with E-state index in [1.807, 2.05) is 24.3 Å². The highest BCUT2D eigenvalue weighted by molar-refractivity contribution is 5.78. The molecular weight excluding hydrogens is 472 g/mol. The number of unbranched alkanes of at least 4 members (excludes halogenated alkanes) is 10. The average Bonchev–Trinajstić information content (AvgIpc) is 2.95. The minimum Gasteiger partial charge on any atom is -0.490 e. The van der Waals surface area contributed by atoms with Crippen LogP contribution in [-0.2, 0) is 4.79 Å². The molecule has 1 heterocycles. The summed E-state index contributed by atoms with van der Waals surface area (Å²) in [5.74, 6) is 2.40. The van der Waals surface area contributed by atoms with Crippen molar-refractivity contribution in [3.63, 3.8) is 0 Å².